The predicted molar refractivity (Wildman–Crippen MR) is 125 cm³/mol. The third-order valence-electron chi connectivity index (χ3n) is 6.38. The van der Waals surface area contributed by atoms with Gasteiger partial charge in [-0.05, 0) is 35.1 Å². The highest BCUT2D eigenvalue weighted by Gasteiger charge is 2.34. The van der Waals surface area contributed by atoms with E-state index in [0.717, 1.165) is 11.1 Å². The van der Waals surface area contributed by atoms with Crippen molar-refractivity contribution in [1.82, 2.24) is 10.2 Å². The second-order valence-electron chi connectivity index (χ2n) is 8.75. The molecular weight excluding hydrogens is 436 g/mol. The van der Waals surface area contributed by atoms with Crippen LogP contribution in [0, 0.1) is 5.92 Å². The van der Waals surface area contributed by atoms with Gasteiger partial charge in [-0.15, -0.1) is 0 Å². The second-order valence-corrected chi connectivity index (χ2v) is 8.75. The molecule has 0 bridgehead atoms. The Bertz CT molecular complexity index is 1010. The molecule has 0 unspecified atom stereocenters. The Morgan fingerprint density at radius 2 is 1.74 bits per heavy atom. The third-order valence-corrected chi connectivity index (χ3v) is 6.38. The van der Waals surface area contributed by atoms with Crippen molar-refractivity contribution in [2.24, 2.45) is 5.92 Å². The van der Waals surface area contributed by atoms with Crippen molar-refractivity contribution in [3.05, 3.63) is 59.7 Å². The first-order valence-corrected chi connectivity index (χ1v) is 11.7. The van der Waals surface area contributed by atoms with E-state index < -0.39 is 18.0 Å². The van der Waals surface area contributed by atoms with Gasteiger partial charge in [-0.3, -0.25) is 9.59 Å². The normalized spacial score (nSPS) is 18.7. The van der Waals surface area contributed by atoms with E-state index in [1.807, 2.05) is 31.2 Å². The molecule has 1 aliphatic heterocycles. The van der Waals surface area contributed by atoms with Crippen molar-refractivity contribution in [1.29, 1.82) is 0 Å². The number of nitrogens with zero attached hydrogens (tertiary/aromatic N) is 1. The van der Waals surface area contributed by atoms with Crippen LogP contribution in [-0.2, 0) is 19.1 Å². The number of hydrogen-bond donors (Lipinski definition) is 2. The van der Waals surface area contributed by atoms with Crippen molar-refractivity contribution in [3.63, 3.8) is 0 Å². The molecule has 2 aliphatic rings. The van der Waals surface area contributed by atoms with Crippen LogP contribution in [0.4, 0.5) is 4.79 Å². The van der Waals surface area contributed by atoms with Crippen molar-refractivity contribution < 1.29 is 29.0 Å². The molecule has 8 nitrogen and oxygen atoms in total. The number of rotatable bonds is 9. The Morgan fingerprint density at radius 3 is 2.35 bits per heavy atom. The molecule has 1 saturated heterocycles. The highest BCUT2D eigenvalue weighted by atomic mass is 16.5. The first kappa shape index (κ1) is 23.8. The highest BCUT2D eigenvalue weighted by molar-refractivity contribution is 5.83. The summed E-state index contributed by atoms with van der Waals surface area (Å²) in [6.45, 7) is 2.65. The average Bonchev–Trinajstić information content (AvgIpc) is 3.43. The van der Waals surface area contributed by atoms with Crippen LogP contribution in [0.2, 0.25) is 0 Å². The monoisotopic (exact) mass is 466 g/mol. The largest absolute Gasteiger partial charge is 0.480 e. The molecule has 2 amide bonds. The zero-order valence-electron chi connectivity index (χ0n) is 19.2. The smallest absolute Gasteiger partial charge is 0.407 e. The minimum Gasteiger partial charge on any atom is -0.480 e. The van der Waals surface area contributed by atoms with Crippen LogP contribution in [0.5, 0.6) is 0 Å². The minimum absolute atomic E-state index is 0.0123. The molecule has 2 aromatic rings. The molecule has 180 valence electrons. The molecule has 34 heavy (non-hydrogen) atoms. The summed E-state index contributed by atoms with van der Waals surface area (Å²) < 4.78 is 11.2. The number of ether oxygens (including phenoxy) is 2. The fourth-order valence-corrected chi connectivity index (χ4v) is 4.83. The van der Waals surface area contributed by atoms with Gasteiger partial charge in [0.2, 0.25) is 5.91 Å². The maximum atomic E-state index is 12.7. The SMILES string of the molecule is CCCN(CC(=O)O)C(=O)[C@@H]1CO[C@H](CNC(=O)OCC2c3ccccc3-c3ccccc32)C1. The maximum Gasteiger partial charge on any atom is 0.407 e. The van der Waals surface area contributed by atoms with Crippen molar-refractivity contribution >= 4 is 18.0 Å². The Kier molecular flexibility index (Phi) is 7.47. The van der Waals surface area contributed by atoms with E-state index in [4.69, 9.17) is 14.6 Å². The van der Waals surface area contributed by atoms with E-state index in [9.17, 15) is 14.4 Å². The summed E-state index contributed by atoms with van der Waals surface area (Å²) in [5.41, 5.74) is 4.63. The van der Waals surface area contributed by atoms with Gasteiger partial charge in [0.25, 0.3) is 0 Å². The van der Waals surface area contributed by atoms with Gasteiger partial charge in [0.1, 0.15) is 13.2 Å². The standard InChI is InChI=1S/C26H30N2O6/c1-2-11-28(14-24(29)30)25(31)17-12-18(33-15-17)13-27-26(32)34-16-23-21-9-5-3-7-19(21)20-8-4-6-10-22(20)23/h3-10,17-18,23H,2,11-16H2,1H3,(H,27,32)(H,29,30)/t17-,18-/m0/s1. The van der Waals surface area contributed by atoms with E-state index in [2.05, 4.69) is 29.6 Å². The van der Waals surface area contributed by atoms with Gasteiger partial charge in [-0.2, -0.15) is 0 Å². The van der Waals surface area contributed by atoms with Gasteiger partial charge < -0.3 is 24.8 Å². The molecule has 0 spiro atoms. The number of amides is 2. The Labute approximate surface area is 198 Å². The minimum atomic E-state index is -1.03. The number of carbonyl (C=O) groups is 3. The Morgan fingerprint density at radius 1 is 1.09 bits per heavy atom. The first-order valence-electron chi connectivity index (χ1n) is 11.7. The van der Waals surface area contributed by atoms with Crippen LogP contribution in [0.1, 0.15) is 36.8 Å². The lowest BCUT2D eigenvalue weighted by atomic mass is 9.98. The molecule has 1 heterocycles. The molecule has 0 radical (unpaired) electrons. The van der Waals surface area contributed by atoms with Crippen molar-refractivity contribution in [2.75, 3.05) is 32.8 Å². The highest BCUT2D eigenvalue weighted by Crippen LogP contribution is 2.44. The lowest BCUT2D eigenvalue weighted by molar-refractivity contribution is -0.146. The van der Waals surface area contributed by atoms with Crippen LogP contribution < -0.4 is 5.32 Å². The molecule has 1 aliphatic carbocycles. The van der Waals surface area contributed by atoms with Gasteiger partial charge in [-0.25, -0.2) is 4.79 Å². The van der Waals surface area contributed by atoms with E-state index in [1.54, 1.807) is 0 Å². The van der Waals surface area contributed by atoms with Crippen LogP contribution >= 0.6 is 0 Å². The fraction of sp³-hybridized carbons (Fsp3) is 0.423. The molecule has 2 atom stereocenters. The topological polar surface area (TPSA) is 105 Å². The number of benzene rings is 2. The second kappa shape index (κ2) is 10.7. The average molecular weight is 467 g/mol. The molecule has 0 saturated carbocycles. The number of nitrogens with one attached hydrogen (secondary N) is 1. The number of carboxylic acid groups (broad SMARTS) is 1. The summed E-state index contributed by atoms with van der Waals surface area (Å²) in [7, 11) is 0. The molecule has 1 fully saturated rings. The summed E-state index contributed by atoms with van der Waals surface area (Å²) in [5.74, 6) is -1.66. The van der Waals surface area contributed by atoms with Gasteiger partial charge in [-0.1, -0.05) is 55.5 Å². The van der Waals surface area contributed by atoms with Gasteiger partial charge in [0, 0.05) is 19.0 Å². The van der Waals surface area contributed by atoms with Gasteiger partial charge >= 0.3 is 12.1 Å². The molecular formula is C26H30N2O6. The molecule has 0 aromatic heterocycles. The fourth-order valence-electron chi connectivity index (χ4n) is 4.83. The number of aliphatic carboxylic acids is 1. The van der Waals surface area contributed by atoms with Crippen LogP contribution in [-0.4, -0.2) is 66.9 Å². The van der Waals surface area contributed by atoms with Gasteiger partial charge in [0.15, 0.2) is 0 Å². The third kappa shape index (κ3) is 5.22. The molecule has 2 aromatic carbocycles. The molecule has 8 heteroatoms. The number of fused-ring (bicyclic) bond motifs is 3. The summed E-state index contributed by atoms with van der Waals surface area (Å²) >= 11 is 0. The molecule has 2 N–H and O–H groups in total. The lowest BCUT2D eigenvalue weighted by Crippen LogP contribution is -2.40. The summed E-state index contributed by atoms with van der Waals surface area (Å²) in [6, 6.07) is 16.3. The van der Waals surface area contributed by atoms with E-state index in [0.29, 0.717) is 19.4 Å². The Hall–Kier alpha value is -3.39. The first-order chi connectivity index (χ1) is 16.5. The van der Waals surface area contributed by atoms with E-state index in [1.165, 1.54) is 16.0 Å². The number of alkyl carbamates (subject to hydrolysis) is 1. The van der Waals surface area contributed by atoms with E-state index in [-0.39, 0.29) is 44.2 Å². The predicted octanol–water partition coefficient (Wildman–Crippen LogP) is 3.25. The summed E-state index contributed by atoms with van der Waals surface area (Å²) in [5, 5.41) is 11.8. The number of carboxylic acids is 1. The zero-order valence-corrected chi connectivity index (χ0v) is 19.2. The van der Waals surface area contributed by atoms with E-state index >= 15 is 0 Å². The molecule has 4 rings (SSSR count). The van der Waals surface area contributed by atoms with Crippen molar-refractivity contribution in [2.45, 2.75) is 31.8 Å². The number of hydrogen-bond acceptors (Lipinski definition) is 5. The summed E-state index contributed by atoms with van der Waals surface area (Å²) in [6.07, 6.45) is 0.267. The maximum absolute atomic E-state index is 12.7. The zero-order chi connectivity index (χ0) is 24.1. The van der Waals surface area contributed by atoms with Crippen molar-refractivity contribution in [3.8, 4) is 11.1 Å². The Balaban J connectivity index is 1.26. The van der Waals surface area contributed by atoms with Crippen LogP contribution in [0.15, 0.2) is 48.5 Å². The lowest BCUT2D eigenvalue weighted by Gasteiger charge is -2.22. The van der Waals surface area contributed by atoms with Gasteiger partial charge in [0.05, 0.1) is 18.6 Å². The van der Waals surface area contributed by atoms with Crippen LogP contribution in [0.3, 0.4) is 0 Å². The summed E-state index contributed by atoms with van der Waals surface area (Å²) in [4.78, 5) is 37.5. The quantitative estimate of drug-likeness (QED) is 0.588. The van der Waals surface area contributed by atoms with Crippen LogP contribution in [0.25, 0.3) is 11.1 Å². The number of carbonyl (C=O) groups excluding carboxylic acids is 2.